The fourth-order valence-corrected chi connectivity index (χ4v) is 21.2. The number of phenols is 1. The molecular formula is C90H99Cl2F3N12O5. The van der Waals surface area contributed by atoms with E-state index in [2.05, 4.69) is 63.9 Å². The number of aromatic hydroxyl groups is 1. The standard InChI is InChI=1S/C23H26FN3O.C23H27N3O2.2C22H23ClFN3O/c1-15-7-8-18-21(22(15)24)20-17-6-4-11-26(17)12-9-19(20)27(18)14-23(2,28)16-5-3-10-25-13-16;1-15-12-17-21-18-4-3-10-25(18)11-7-19(21)26(22(17)20(27)13-15)14-23(2,28)16-5-8-24-9-6-16;1-22(28,14-4-2-7-25-12-14)13-27-19-6-9-26-8-3-5-18(26)20(19)16-10-15(24)11-17(23)21(16)27;1-22(28,14-4-7-25-8-5-14)13-27-19-6-10-26-9-2-3-18(26)20(19)16-11-15(24)12-17(23)21(16)27/h3,5,7-8,10,13,17,28H,4,6,9,11-12,14H2,1-2H3;5-6,8-9,12-13,18,27-28H,3-4,7,10-11,14H2,1-2H3;2,4,7,10-12,18,28H,3,5-6,8-9,13H2,1H3;4-5,7-8,11-12,18,28H,2-3,6,9-10,13H2,1H3. The van der Waals surface area contributed by atoms with E-state index in [-0.39, 0.29) is 17.5 Å². The van der Waals surface area contributed by atoms with E-state index in [9.17, 15) is 34.3 Å². The number of phenolic OH excluding ortho intramolecular Hbond substituents is 1. The molecule has 8 aliphatic heterocycles. The molecule has 0 radical (unpaired) electrons. The van der Waals surface area contributed by atoms with Crippen LogP contribution in [0, 0.1) is 31.3 Å². The van der Waals surface area contributed by atoms with Crippen molar-refractivity contribution in [3.63, 3.8) is 0 Å². The predicted molar refractivity (Wildman–Crippen MR) is 433 cm³/mol. The van der Waals surface area contributed by atoms with Crippen LogP contribution in [0.5, 0.6) is 5.75 Å². The Hall–Kier alpha value is -8.51. The summed E-state index contributed by atoms with van der Waals surface area (Å²) in [7, 11) is 0. The Morgan fingerprint density at radius 1 is 0.411 bits per heavy atom. The number of fused-ring (bicyclic) bond motifs is 20. The molecule has 22 heteroatoms. The van der Waals surface area contributed by atoms with Gasteiger partial charge in [-0.3, -0.25) is 39.5 Å². The molecule has 4 fully saturated rings. The van der Waals surface area contributed by atoms with E-state index in [1.54, 1.807) is 68.6 Å². The topological polar surface area (TPSA) is 185 Å². The van der Waals surface area contributed by atoms with E-state index < -0.39 is 22.4 Å². The fraction of sp³-hybridized carbons (Fsp3) is 0.422. The lowest BCUT2D eigenvalue weighted by molar-refractivity contribution is 0.0376. The zero-order valence-electron chi connectivity index (χ0n) is 64.6. The largest absolute Gasteiger partial charge is 0.506 e. The molecule has 4 saturated heterocycles. The SMILES string of the molecule is CC(O)(Cn1c2c(c3cc(F)cc(Cl)c31)C1CCCN1CC2)c1cccnc1.CC(O)(Cn1c2c(c3cc(F)cc(Cl)c31)C1CCCN1CC2)c1ccncc1.Cc1cc(O)c2c(c1)c1c(n2CC(C)(O)c2ccncc2)CCN2CCCC12.Cc1ccc2c(c1F)c1c(n2CC(C)(O)c2cccnc2)CCN2CCCC12. The molecule has 16 heterocycles. The second-order valence-electron chi connectivity index (χ2n) is 33.5. The minimum atomic E-state index is -1.11. The maximum Gasteiger partial charge on any atom is 0.140 e. The van der Waals surface area contributed by atoms with Crippen LogP contribution >= 0.6 is 23.2 Å². The van der Waals surface area contributed by atoms with E-state index in [0.717, 1.165) is 194 Å². The number of benzene rings is 4. The molecule has 8 aliphatic rings. The van der Waals surface area contributed by atoms with Crippen molar-refractivity contribution in [1.29, 1.82) is 0 Å². The van der Waals surface area contributed by atoms with Gasteiger partial charge in [-0.15, -0.1) is 0 Å². The third kappa shape index (κ3) is 13.8. The molecule has 8 unspecified atom stereocenters. The lowest BCUT2D eigenvalue weighted by Crippen LogP contribution is -2.33. The van der Waals surface area contributed by atoms with E-state index in [0.29, 0.717) is 71.7 Å². The number of hydrogen-bond donors (Lipinski definition) is 5. The van der Waals surface area contributed by atoms with Gasteiger partial charge in [-0.05, 0) is 237 Å². The van der Waals surface area contributed by atoms with Crippen molar-refractivity contribution in [2.75, 3.05) is 52.4 Å². The molecule has 12 aromatic rings. The summed E-state index contributed by atoms with van der Waals surface area (Å²) in [5.41, 5.74) is 13.7. The van der Waals surface area contributed by atoms with Gasteiger partial charge in [0.05, 0.1) is 58.3 Å². The summed E-state index contributed by atoms with van der Waals surface area (Å²) >= 11 is 13.1. The zero-order chi connectivity index (χ0) is 77.9. The van der Waals surface area contributed by atoms with E-state index in [1.165, 1.54) is 64.4 Å². The summed E-state index contributed by atoms with van der Waals surface area (Å²) in [5.74, 6) is -0.429. The van der Waals surface area contributed by atoms with Crippen molar-refractivity contribution in [2.45, 2.75) is 191 Å². The molecule has 0 bridgehead atoms. The number of aliphatic hydroxyl groups is 4. The van der Waals surface area contributed by atoms with Crippen molar-refractivity contribution in [3.05, 3.63) is 253 Å². The second-order valence-corrected chi connectivity index (χ2v) is 34.3. The van der Waals surface area contributed by atoms with Crippen LogP contribution in [-0.2, 0) is 74.3 Å². The summed E-state index contributed by atoms with van der Waals surface area (Å²) in [4.78, 5) is 26.5. The monoisotopic (exact) mass is 1550 g/mol. The summed E-state index contributed by atoms with van der Waals surface area (Å²) in [6.45, 7) is 21.1. The van der Waals surface area contributed by atoms with Gasteiger partial charge in [-0.2, -0.15) is 0 Å². The Bertz CT molecular complexity index is 5130. The predicted octanol–water partition coefficient (Wildman–Crippen LogP) is 16.6. The van der Waals surface area contributed by atoms with Crippen LogP contribution in [0.15, 0.2) is 147 Å². The molecule has 4 aromatic carbocycles. The smallest absolute Gasteiger partial charge is 0.140 e. The van der Waals surface area contributed by atoms with Gasteiger partial charge >= 0.3 is 0 Å². The Labute approximate surface area is 661 Å². The number of aryl methyl sites for hydroxylation is 2. The van der Waals surface area contributed by atoms with Crippen molar-refractivity contribution in [3.8, 4) is 5.75 Å². The Kier molecular flexibility index (Phi) is 20.4. The highest BCUT2D eigenvalue weighted by Crippen LogP contribution is 2.51. The summed E-state index contributed by atoms with van der Waals surface area (Å²) < 4.78 is 52.4. The van der Waals surface area contributed by atoms with Gasteiger partial charge in [0, 0.05) is 187 Å². The van der Waals surface area contributed by atoms with Gasteiger partial charge in [-0.1, -0.05) is 41.4 Å². The molecular weight excluding hydrogens is 1460 g/mol. The van der Waals surface area contributed by atoms with E-state index in [1.807, 2.05) is 101 Å². The van der Waals surface area contributed by atoms with Crippen LogP contribution in [0.1, 0.15) is 182 Å². The minimum Gasteiger partial charge on any atom is -0.506 e. The van der Waals surface area contributed by atoms with Crippen molar-refractivity contribution < 1.29 is 38.7 Å². The van der Waals surface area contributed by atoms with Crippen LogP contribution in [0.3, 0.4) is 0 Å². The van der Waals surface area contributed by atoms with Crippen LogP contribution in [-0.4, -0.2) is 136 Å². The minimum absolute atomic E-state index is 0.109. The highest BCUT2D eigenvalue weighted by Gasteiger charge is 2.43. The fourth-order valence-electron chi connectivity index (χ4n) is 20.6. The van der Waals surface area contributed by atoms with Crippen LogP contribution < -0.4 is 0 Å². The molecule has 5 N–H and O–H groups in total. The molecule has 8 atom stereocenters. The van der Waals surface area contributed by atoms with Gasteiger partial charge < -0.3 is 43.8 Å². The molecule has 112 heavy (non-hydrogen) atoms. The first-order valence-electron chi connectivity index (χ1n) is 40.0. The zero-order valence-corrected chi connectivity index (χ0v) is 66.1. The molecule has 17 nitrogen and oxygen atoms in total. The molecule has 584 valence electrons. The lowest BCUT2D eigenvalue weighted by atomic mass is 9.94. The average molecular weight is 1560 g/mol. The lowest BCUT2D eigenvalue weighted by Gasteiger charge is -2.32. The van der Waals surface area contributed by atoms with Gasteiger partial charge in [0.25, 0.3) is 0 Å². The van der Waals surface area contributed by atoms with Crippen molar-refractivity contribution >= 4 is 66.8 Å². The Morgan fingerprint density at radius 3 is 1.18 bits per heavy atom. The first kappa shape index (κ1) is 76.1. The molecule has 0 saturated carbocycles. The van der Waals surface area contributed by atoms with Crippen LogP contribution in [0.2, 0.25) is 10.0 Å². The normalized spacial score (nSPS) is 21.5. The number of aromatic nitrogens is 8. The number of halogens is 5. The van der Waals surface area contributed by atoms with Gasteiger partial charge in [0.2, 0.25) is 0 Å². The number of rotatable bonds is 12. The average Bonchev–Trinajstić information content (AvgIpc) is 1.59. The molecule has 8 aromatic heterocycles. The first-order chi connectivity index (χ1) is 53.8. The van der Waals surface area contributed by atoms with Crippen molar-refractivity contribution in [2.24, 2.45) is 0 Å². The highest BCUT2D eigenvalue weighted by molar-refractivity contribution is 6.35. The van der Waals surface area contributed by atoms with Crippen molar-refractivity contribution in [1.82, 2.24) is 57.8 Å². The van der Waals surface area contributed by atoms with Gasteiger partial charge in [0.1, 0.15) is 45.6 Å². The summed E-state index contributed by atoms with van der Waals surface area (Å²) in [6.07, 6.45) is 26.3. The number of nitrogens with zero attached hydrogens (tertiary/aromatic N) is 12. The van der Waals surface area contributed by atoms with Gasteiger partial charge in [0.15, 0.2) is 0 Å². The quantitative estimate of drug-likeness (QED) is 0.0779. The third-order valence-corrected chi connectivity index (χ3v) is 26.3. The second kappa shape index (κ2) is 30.0. The third-order valence-electron chi connectivity index (χ3n) is 25.8. The number of hydrogen-bond acceptors (Lipinski definition) is 13. The molecule has 0 amide bonds. The van der Waals surface area contributed by atoms with Gasteiger partial charge in [-0.25, -0.2) is 13.2 Å². The maximum atomic E-state index is 15.3. The molecule has 0 aliphatic carbocycles. The molecule has 0 spiro atoms. The van der Waals surface area contributed by atoms with E-state index in [4.69, 9.17) is 23.2 Å². The highest BCUT2D eigenvalue weighted by atomic mass is 35.5. The number of pyridine rings is 4. The Balaban J connectivity index is 0.000000108. The Morgan fingerprint density at radius 2 is 0.777 bits per heavy atom. The summed E-state index contributed by atoms with van der Waals surface area (Å²) in [5, 5.41) is 60.5. The van der Waals surface area contributed by atoms with Crippen LogP contribution in [0.25, 0.3) is 43.6 Å². The maximum absolute atomic E-state index is 15.3. The first-order valence-corrected chi connectivity index (χ1v) is 40.7. The van der Waals surface area contributed by atoms with E-state index >= 15 is 4.39 Å². The summed E-state index contributed by atoms with van der Waals surface area (Å²) in [6, 6.07) is 30.1. The van der Waals surface area contributed by atoms with Crippen LogP contribution in [0.4, 0.5) is 13.2 Å². The molecule has 20 rings (SSSR count).